The zero-order chi connectivity index (χ0) is 22.3. The molecule has 1 aromatic heterocycles. The largest absolute Gasteiger partial charge is 0.573 e. The number of halogens is 4. The second-order valence-corrected chi connectivity index (χ2v) is 7.53. The predicted octanol–water partition coefficient (Wildman–Crippen LogP) is 6.22. The molecule has 8 heteroatoms. The van der Waals surface area contributed by atoms with Crippen molar-refractivity contribution >= 4 is 22.4 Å². The molecule has 0 aliphatic heterocycles. The first-order valence-electron chi connectivity index (χ1n) is 9.29. The van der Waals surface area contributed by atoms with Crippen LogP contribution in [0.2, 0.25) is 5.02 Å². The Balaban J connectivity index is 1.94. The molecule has 1 heterocycles. The van der Waals surface area contributed by atoms with Gasteiger partial charge in [-0.05, 0) is 73.5 Å². The molecule has 4 rings (SSSR count). The Morgan fingerprint density at radius 2 is 1.48 bits per heavy atom. The van der Waals surface area contributed by atoms with E-state index in [1.807, 2.05) is 19.9 Å². The fourth-order valence-corrected chi connectivity index (χ4v) is 3.41. The van der Waals surface area contributed by atoms with Gasteiger partial charge in [0.15, 0.2) is 0 Å². The quantitative estimate of drug-likeness (QED) is 0.376. The van der Waals surface area contributed by atoms with E-state index in [9.17, 15) is 18.0 Å². The van der Waals surface area contributed by atoms with Crippen LogP contribution in [-0.4, -0.2) is 16.1 Å². The Morgan fingerprint density at radius 1 is 0.903 bits per heavy atom. The summed E-state index contributed by atoms with van der Waals surface area (Å²) in [6.07, 6.45) is -4.79. The molecule has 158 valence electrons. The van der Waals surface area contributed by atoms with Crippen LogP contribution in [0.15, 0.2) is 65.5 Å². The van der Waals surface area contributed by atoms with E-state index in [0.717, 1.165) is 28.8 Å². The van der Waals surface area contributed by atoms with Crippen LogP contribution in [0.1, 0.15) is 11.1 Å². The summed E-state index contributed by atoms with van der Waals surface area (Å²) in [5.41, 5.74) is 3.21. The monoisotopic (exact) mass is 444 g/mol. The SMILES string of the molecule is Cc1cc2c(-c3ccc(Cl)cc3)nn(-c3ccc(OC(F)(F)F)cc3)c(=O)c2cc1C. The fraction of sp³-hybridized carbons (Fsp3) is 0.130. The van der Waals surface area contributed by atoms with Crippen LogP contribution in [0.25, 0.3) is 27.7 Å². The van der Waals surface area contributed by atoms with Crippen molar-refractivity contribution in [3.05, 3.63) is 87.2 Å². The van der Waals surface area contributed by atoms with E-state index in [-0.39, 0.29) is 11.3 Å². The number of hydrogen-bond donors (Lipinski definition) is 0. The van der Waals surface area contributed by atoms with E-state index in [0.29, 0.717) is 27.2 Å². The third kappa shape index (κ3) is 4.27. The number of nitrogens with zero attached hydrogens (tertiary/aromatic N) is 2. The Kier molecular flexibility index (Phi) is 5.23. The van der Waals surface area contributed by atoms with Crippen LogP contribution in [-0.2, 0) is 0 Å². The summed E-state index contributed by atoms with van der Waals surface area (Å²) in [5.74, 6) is -0.380. The van der Waals surface area contributed by atoms with Crippen molar-refractivity contribution in [1.82, 2.24) is 9.78 Å². The molecule has 0 amide bonds. The van der Waals surface area contributed by atoms with Gasteiger partial charge < -0.3 is 4.74 Å². The van der Waals surface area contributed by atoms with Crippen molar-refractivity contribution < 1.29 is 17.9 Å². The minimum atomic E-state index is -4.79. The molecule has 0 saturated carbocycles. The van der Waals surface area contributed by atoms with Crippen LogP contribution in [0.5, 0.6) is 5.75 Å². The van der Waals surface area contributed by atoms with Crippen molar-refractivity contribution in [2.45, 2.75) is 20.2 Å². The highest BCUT2D eigenvalue weighted by Crippen LogP contribution is 2.29. The molecule has 0 saturated heterocycles. The number of aromatic nitrogens is 2. The van der Waals surface area contributed by atoms with Crippen molar-refractivity contribution in [2.24, 2.45) is 0 Å². The lowest BCUT2D eigenvalue weighted by atomic mass is 10.00. The molecular weight excluding hydrogens is 429 g/mol. The highest BCUT2D eigenvalue weighted by Gasteiger charge is 2.31. The first-order chi connectivity index (χ1) is 14.6. The second kappa shape index (κ2) is 7.74. The summed E-state index contributed by atoms with van der Waals surface area (Å²) < 4.78 is 42.4. The maximum atomic E-state index is 13.2. The van der Waals surface area contributed by atoms with E-state index < -0.39 is 6.36 Å². The van der Waals surface area contributed by atoms with Gasteiger partial charge in [-0.3, -0.25) is 4.79 Å². The molecule has 4 nitrogen and oxygen atoms in total. The van der Waals surface area contributed by atoms with Crippen molar-refractivity contribution in [3.63, 3.8) is 0 Å². The van der Waals surface area contributed by atoms with Crippen molar-refractivity contribution in [3.8, 4) is 22.7 Å². The standard InChI is InChI=1S/C23H16ClF3N2O2/c1-13-11-19-20(12-14(13)2)22(30)29(28-21(19)15-3-5-16(24)6-4-15)17-7-9-18(10-8-17)31-23(25,26)27/h3-12H,1-2H3. The van der Waals surface area contributed by atoms with Crippen LogP contribution in [0.4, 0.5) is 13.2 Å². The summed E-state index contributed by atoms with van der Waals surface area (Å²) in [4.78, 5) is 13.2. The lowest BCUT2D eigenvalue weighted by molar-refractivity contribution is -0.274. The minimum Gasteiger partial charge on any atom is -0.406 e. The predicted molar refractivity (Wildman–Crippen MR) is 114 cm³/mol. The molecule has 4 aromatic rings. The average molecular weight is 445 g/mol. The molecule has 0 spiro atoms. The molecule has 0 aliphatic rings. The molecule has 3 aromatic carbocycles. The van der Waals surface area contributed by atoms with Gasteiger partial charge in [0.1, 0.15) is 5.75 Å². The highest BCUT2D eigenvalue weighted by molar-refractivity contribution is 6.30. The third-order valence-corrected chi connectivity index (χ3v) is 5.20. The topological polar surface area (TPSA) is 44.1 Å². The Labute approximate surface area is 180 Å². The Hall–Kier alpha value is -3.32. The van der Waals surface area contributed by atoms with Crippen molar-refractivity contribution in [1.29, 1.82) is 0 Å². The fourth-order valence-electron chi connectivity index (χ4n) is 3.29. The highest BCUT2D eigenvalue weighted by atomic mass is 35.5. The molecule has 0 radical (unpaired) electrons. The average Bonchev–Trinajstić information content (AvgIpc) is 2.70. The number of hydrogen-bond acceptors (Lipinski definition) is 3. The van der Waals surface area contributed by atoms with E-state index in [4.69, 9.17) is 11.6 Å². The molecular formula is C23H16ClF3N2O2. The molecule has 0 atom stereocenters. The van der Waals surface area contributed by atoms with Crippen LogP contribution < -0.4 is 10.3 Å². The van der Waals surface area contributed by atoms with Gasteiger partial charge in [0, 0.05) is 16.0 Å². The first kappa shape index (κ1) is 20.9. The lowest BCUT2D eigenvalue weighted by Gasteiger charge is -2.14. The molecule has 0 fully saturated rings. The van der Waals surface area contributed by atoms with Gasteiger partial charge in [-0.25, -0.2) is 0 Å². The normalized spacial score (nSPS) is 11.7. The zero-order valence-corrected chi connectivity index (χ0v) is 17.3. The lowest BCUT2D eigenvalue weighted by Crippen LogP contribution is -2.22. The number of rotatable bonds is 3. The third-order valence-electron chi connectivity index (χ3n) is 4.94. The van der Waals surface area contributed by atoms with Crippen molar-refractivity contribution in [2.75, 3.05) is 0 Å². The number of fused-ring (bicyclic) bond motifs is 1. The van der Waals surface area contributed by atoms with E-state index in [1.54, 1.807) is 30.3 Å². The Bertz CT molecular complexity index is 1330. The number of ether oxygens (including phenoxy) is 1. The smallest absolute Gasteiger partial charge is 0.406 e. The molecule has 0 aliphatic carbocycles. The summed E-state index contributed by atoms with van der Waals surface area (Å²) in [6, 6.07) is 15.8. The van der Waals surface area contributed by atoms with Gasteiger partial charge in [0.05, 0.1) is 16.8 Å². The molecule has 0 bridgehead atoms. The summed E-state index contributed by atoms with van der Waals surface area (Å²) in [7, 11) is 0. The summed E-state index contributed by atoms with van der Waals surface area (Å²) in [5, 5.41) is 6.25. The van der Waals surface area contributed by atoms with Crippen LogP contribution in [0, 0.1) is 13.8 Å². The summed E-state index contributed by atoms with van der Waals surface area (Å²) >= 11 is 6.01. The zero-order valence-electron chi connectivity index (χ0n) is 16.5. The van der Waals surface area contributed by atoms with Gasteiger partial charge in [-0.2, -0.15) is 9.78 Å². The number of alkyl halides is 3. The molecule has 31 heavy (non-hydrogen) atoms. The van der Waals surface area contributed by atoms with Gasteiger partial charge in [-0.15, -0.1) is 13.2 Å². The van der Waals surface area contributed by atoms with Gasteiger partial charge in [0.2, 0.25) is 0 Å². The number of aryl methyl sites for hydroxylation is 2. The van der Waals surface area contributed by atoms with Crippen LogP contribution in [0.3, 0.4) is 0 Å². The van der Waals surface area contributed by atoms with Crippen LogP contribution >= 0.6 is 11.6 Å². The summed E-state index contributed by atoms with van der Waals surface area (Å²) in [6.45, 7) is 3.86. The number of benzene rings is 3. The first-order valence-corrected chi connectivity index (χ1v) is 9.66. The maximum absolute atomic E-state index is 13.2. The molecule has 0 N–H and O–H groups in total. The second-order valence-electron chi connectivity index (χ2n) is 7.10. The molecule has 0 unspecified atom stereocenters. The van der Waals surface area contributed by atoms with Gasteiger partial charge in [0.25, 0.3) is 5.56 Å². The maximum Gasteiger partial charge on any atom is 0.573 e. The Morgan fingerprint density at radius 3 is 2.06 bits per heavy atom. The van der Waals surface area contributed by atoms with Gasteiger partial charge in [-0.1, -0.05) is 23.7 Å². The van der Waals surface area contributed by atoms with E-state index in [1.165, 1.54) is 16.8 Å². The van der Waals surface area contributed by atoms with Gasteiger partial charge >= 0.3 is 6.36 Å². The minimum absolute atomic E-state index is 0.315. The van der Waals surface area contributed by atoms with E-state index >= 15 is 0 Å². The van der Waals surface area contributed by atoms with E-state index in [2.05, 4.69) is 9.84 Å².